The first-order chi connectivity index (χ1) is 18.3. The number of aryl methyl sites for hydroxylation is 1. The summed E-state index contributed by atoms with van der Waals surface area (Å²) in [6.45, 7) is 5.35. The molecule has 0 saturated carbocycles. The Balaban J connectivity index is 1.51. The summed E-state index contributed by atoms with van der Waals surface area (Å²) in [7, 11) is 3.36. The van der Waals surface area contributed by atoms with Gasteiger partial charge in [0, 0.05) is 20.1 Å². The predicted octanol–water partition coefficient (Wildman–Crippen LogP) is 3.11. The van der Waals surface area contributed by atoms with Crippen molar-refractivity contribution in [3.8, 4) is 5.75 Å². The first-order valence-electron chi connectivity index (χ1n) is 13.3. The summed E-state index contributed by atoms with van der Waals surface area (Å²) in [5.41, 5.74) is 2.16. The van der Waals surface area contributed by atoms with Gasteiger partial charge in [-0.1, -0.05) is 56.3 Å². The second-order valence-electron chi connectivity index (χ2n) is 10.5. The highest BCUT2D eigenvalue weighted by atomic mass is 16.5. The summed E-state index contributed by atoms with van der Waals surface area (Å²) in [6, 6.07) is 16.8. The number of carbonyl (C=O) groups is 3. The lowest BCUT2D eigenvalue weighted by molar-refractivity contribution is -0.188. The minimum atomic E-state index is -0.580. The molecule has 0 aromatic heterocycles. The summed E-state index contributed by atoms with van der Waals surface area (Å²) >= 11 is 0. The normalized spacial score (nSPS) is 20.1. The quantitative estimate of drug-likeness (QED) is 0.548. The molecular formula is C29H39N5O4. The second kappa shape index (κ2) is 12.3. The highest BCUT2D eigenvalue weighted by Crippen LogP contribution is 2.29. The smallest absolute Gasteiger partial charge is 0.334 e. The van der Waals surface area contributed by atoms with E-state index in [2.05, 4.69) is 31.3 Å². The fraction of sp³-hybridized carbons (Fsp3) is 0.483. The van der Waals surface area contributed by atoms with Gasteiger partial charge in [-0.05, 0) is 48.4 Å². The zero-order valence-electron chi connectivity index (χ0n) is 22.8. The number of methoxy groups -OCH3 is 1. The van der Waals surface area contributed by atoms with E-state index in [1.54, 1.807) is 29.1 Å². The Hall–Kier alpha value is -3.59. The minimum absolute atomic E-state index is 0.0282. The lowest BCUT2D eigenvalue weighted by Gasteiger charge is -2.54. The number of benzene rings is 2. The Morgan fingerprint density at radius 3 is 2.42 bits per heavy atom. The number of rotatable bonds is 9. The Labute approximate surface area is 225 Å². The van der Waals surface area contributed by atoms with Crippen LogP contribution in [-0.2, 0) is 22.6 Å². The summed E-state index contributed by atoms with van der Waals surface area (Å²) in [5, 5.41) is 6.26. The van der Waals surface area contributed by atoms with Crippen molar-refractivity contribution in [2.75, 3.05) is 33.8 Å². The summed E-state index contributed by atoms with van der Waals surface area (Å²) in [5.74, 6) is 0.818. The third-order valence-electron chi connectivity index (χ3n) is 7.18. The lowest BCUT2D eigenvalue weighted by atomic mass is 9.97. The fourth-order valence-corrected chi connectivity index (χ4v) is 5.30. The van der Waals surface area contributed by atoms with Crippen LogP contribution in [0.3, 0.4) is 0 Å². The van der Waals surface area contributed by atoms with Crippen LogP contribution in [0.1, 0.15) is 37.8 Å². The third kappa shape index (κ3) is 6.27. The zero-order valence-corrected chi connectivity index (χ0v) is 22.8. The van der Waals surface area contributed by atoms with Crippen molar-refractivity contribution < 1.29 is 19.1 Å². The molecule has 2 aromatic rings. The number of urea groups is 1. The standard InChI is InChI=1S/C29H39N5O4/c1-21(2)17-25-28(36)32(16-8-11-22-9-6-5-7-10-22)19-26-33(25)27(35)20-31(3)34(26)29(37)30-18-23-12-14-24(38-4)15-13-23/h5-7,9-10,12-15,21,25-26H,8,11,16-20H2,1-4H3,(H,30,37)/t25-,26-/m0/s1. The van der Waals surface area contributed by atoms with Crippen LogP contribution >= 0.6 is 0 Å². The van der Waals surface area contributed by atoms with Crippen LogP contribution < -0.4 is 10.1 Å². The van der Waals surface area contributed by atoms with Gasteiger partial charge in [-0.25, -0.2) is 14.8 Å². The van der Waals surface area contributed by atoms with Gasteiger partial charge in [-0.3, -0.25) is 9.59 Å². The van der Waals surface area contributed by atoms with Crippen molar-refractivity contribution in [2.45, 2.75) is 51.9 Å². The summed E-state index contributed by atoms with van der Waals surface area (Å²) in [6.07, 6.45) is 1.67. The van der Waals surface area contributed by atoms with Crippen molar-refractivity contribution in [1.82, 2.24) is 25.1 Å². The molecule has 2 saturated heterocycles. The van der Waals surface area contributed by atoms with E-state index in [1.807, 2.05) is 47.4 Å². The van der Waals surface area contributed by atoms with Gasteiger partial charge in [0.25, 0.3) is 0 Å². The zero-order chi connectivity index (χ0) is 27.2. The number of piperazine rings is 1. The topological polar surface area (TPSA) is 85.4 Å². The molecule has 2 aliphatic rings. The lowest BCUT2D eigenvalue weighted by Crippen LogP contribution is -2.76. The molecule has 38 heavy (non-hydrogen) atoms. The Morgan fingerprint density at radius 1 is 1.05 bits per heavy atom. The maximum absolute atomic E-state index is 13.6. The molecule has 2 fully saturated rings. The van der Waals surface area contributed by atoms with E-state index in [-0.39, 0.29) is 36.9 Å². The molecule has 204 valence electrons. The van der Waals surface area contributed by atoms with Crippen LogP contribution in [0, 0.1) is 5.92 Å². The molecular weight excluding hydrogens is 482 g/mol. The van der Waals surface area contributed by atoms with Crippen LogP contribution in [-0.4, -0.2) is 83.7 Å². The number of hydrogen-bond acceptors (Lipinski definition) is 5. The number of carbonyl (C=O) groups excluding carboxylic acids is 3. The number of fused-ring (bicyclic) bond motifs is 1. The van der Waals surface area contributed by atoms with Gasteiger partial charge in [0.1, 0.15) is 18.0 Å². The molecule has 0 radical (unpaired) electrons. The predicted molar refractivity (Wildman–Crippen MR) is 145 cm³/mol. The van der Waals surface area contributed by atoms with Gasteiger partial charge in [-0.15, -0.1) is 0 Å². The van der Waals surface area contributed by atoms with Crippen LogP contribution in [0.4, 0.5) is 4.79 Å². The number of nitrogens with one attached hydrogen (secondary N) is 1. The second-order valence-corrected chi connectivity index (χ2v) is 10.5. The Bertz CT molecular complexity index is 1110. The molecule has 0 spiro atoms. The number of likely N-dealkylation sites (N-methyl/N-ethyl adjacent to an activating group) is 1. The molecule has 4 rings (SSSR count). The molecule has 4 amide bonds. The highest BCUT2D eigenvalue weighted by Gasteiger charge is 2.50. The van der Waals surface area contributed by atoms with E-state index < -0.39 is 12.2 Å². The molecule has 2 atom stereocenters. The highest BCUT2D eigenvalue weighted by molar-refractivity contribution is 5.91. The Kier molecular flexibility index (Phi) is 8.89. The molecule has 9 heteroatoms. The van der Waals surface area contributed by atoms with E-state index in [1.165, 1.54) is 5.56 Å². The molecule has 2 aromatic carbocycles. The number of hydrazine groups is 1. The van der Waals surface area contributed by atoms with E-state index in [4.69, 9.17) is 4.74 Å². The first-order valence-corrected chi connectivity index (χ1v) is 13.3. The summed E-state index contributed by atoms with van der Waals surface area (Å²) in [4.78, 5) is 43.8. The number of hydrogen-bond donors (Lipinski definition) is 1. The van der Waals surface area contributed by atoms with Gasteiger partial charge in [0.15, 0.2) is 0 Å². The van der Waals surface area contributed by atoms with Crippen molar-refractivity contribution in [2.24, 2.45) is 5.92 Å². The average Bonchev–Trinajstić information content (AvgIpc) is 2.90. The molecule has 0 unspecified atom stereocenters. The Morgan fingerprint density at radius 2 is 1.76 bits per heavy atom. The van der Waals surface area contributed by atoms with Gasteiger partial charge < -0.3 is 19.9 Å². The van der Waals surface area contributed by atoms with Crippen molar-refractivity contribution >= 4 is 17.8 Å². The van der Waals surface area contributed by atoms with Gasteiger partial charge in [0.2, 0.25) is 11.8 Å². The van der Waals surface area contributed by atoms with Gasteiger partial charge in [-0.2, -0.15) is 0 Å². The van der Waals surface area contributed by atoms with Crippen LogP contribution in [0.25, 0.3) is 0 Å². The molecule has 9 nitrogen and oxygen atoms in total. The van der Waals surface area contributed by atoms with E-state index >= 15 is 0 Å². The van der Waals surface area contributed by atoms with Gasteiger partial charge >= 0.3 is 6.03 Å². The number of amides is 4. The summed E-state index contributed by atoms with van der Waals surface area (Å²) < 4.78 is 5.21. The minimum Gasteiger partial charge on any atom is -0.497 e. The number of ether oxygens (including phenoxy) is 1. The number of nitrogens with zero attached hydrogens (tertiary/aromatic N) is 4. The van der Waals surface area contributed by atoms with Gasteiger partial charge in [0.05, 0.1) is 20.2 Å². The fourth-order valence-electron chi connectivity index (χ4n) is 5.30. The third-order valence-corrected chi connectivity index (χ3v) is 7.18. The van der Waals surface area contributed by atoms with Crippen LogP contribution in [0.5, 0.6) is 5.75 Å². The first kappa shape index (κ1) is 27.4. The SMILES string of the molecule is COc1ccc(CNC(=O)N2[C@H]3CN(CCCc4ccccc4)C(=O)[C@H](CC(C)C)N3C(=O)CN2C)cc1. The molecule has 2 heterocycles. The largest absolute Gasteiger partial charge is 0.497 e. The maximum atomic E-state index is 13.6. The monoisotopic (exact) mass is 521 g/mol. The van der Waals surface area contributed by atoms with E-state index in [0.29, 0.717) is 19.5 Å². The molecule has 1 N–H and O–H groups in total. The van der Waals surface area contributed by atoms with Crippen molar-refractivity contribution in [3.05, 3.63) is 65.7 Å². The molecule has 0 aliphatic carbocycles. The average molecular weight is 522 g/mol. The molecule has 2 aliphatic heterocycles. The van der Waals surface area contributed by atoms with Crippen LogP contribution in [0.2, 0.25) is 0 Å². The van der Waals surface area contributed by atoms with Crippen molar-refractivity contribution in [1.29, 1.82) is 0 Å². The maximum Gasteiger partial charge on any atom is 0.334 e. The van der Waals surface area contributed by atoms with E-state index in [0.717, 1.165) is 24.2 Å². The van der Waals surface area contributed by atoms with Crippen LogP contribution in [0.15, 0.2) is 54.6 Å². The van der Waals surface area contributed by atoms with E-state index in [9.17, 15) is 14.4 Å². The molecule has 0 bridgehead atoms. The van der Waals surface area contributed by atoms with Crippen molar-refractivity contribution in [3.63, 3.8) is 0 Å².